The van der Waals surface area contributed by atoms with E-state index in [2.05, 4.69) is 12.0 Å². The summed E-state index contributed by atoms with van der Waals surface area (Å²) >= 11 is 0. The second kappa shape index (κ2) is 8.01. The van der Waals surface area contributed by atoms with E-state index in [1.54, 1.807) is 0 Å². The Morgan fingerprint density at radius 2 is 2.00 bits per heavy atom. The normalized spacial score (nSPS) is 20.9. The molecule has 1 amide bonds. The predicted octanol–water partition coefficient (Wildman–Crippen LogP) is 1.62. The van der Waals surface area contributed by atoms with Crippen LogP contribution in [0.3, 0.4) is 0 Å². The van der Waals surface area contributed by atoms with Crippen molar-refractivity contribution < 1.29 is 4.79 Å². The van der Waals surface area contributed by atoms with Crippen molar-refractivity contribution >= 4 is 30.7 Å². The molecule has 1 fully saturated rings. The minimum Gasteiger partial charge on any atom is -0.339 e. The highest BCUT2D eigenvalue weighted by molar-refractivity contribution is 5.85. The Balaban J connectivity index is 0.00000200. The Hall–Kier alpha value is -0.780. The van der Waals surface area contributed by atoms with E-state index >= 15 is 0 Å². The average molecular weight is 337 g/mol. The molecular weight excluding hydrogens is 311 g/mol. The van der Waals surface area contributed by atoms with E-state index in [9.17, 15) is 4.79 Å². The number of likely N-dealkylation sites (tertiary alicyclic amines) is 1. The van der Waals surface area contributed by atoms with E-state index in [-0.39, 0.29) is 30.7 Å². The number of hydrogen-bond donors (Lipinski definition) is 1. The summed E-state index contributed by atoms with van der Waals surface area (Å²) < 4.78 is 1.84. The molecule has 122 valence electrons. The van der Waals surface area contributed by atoms with E-state index in [0.717, 1.165) is 29.9 Å². The molecule has 0 spiro atoms. The molecule has 2 rings (SSSR count). The minimum absolute atomic E-state index is 0. The van der Waals surface area contributed by atoms with Crippen LogP contribution in [0.15, 0.2) is 0 Å². The molecule has 1 aliphatic heterocycles. The van der Waals surface area contributed by atoms with Crippen molar-refractivity contribution in [3.63, 3.8) is 0 Å². The molecule has 0 aromatic carbocycles. The van der Waals surface area contributed by atoms with Crippen molar-refractivity contribution in [1.29, 1.82) is 0 Å². The van der Waals surface area contributed by atoms with Crippen molar-refractivity contribution in [3.8, 4) is 0 Å². The number of aromatic nitrogens is 2. The largest absolute Gasteiger partial charge is 0.339 e. The molecular formula is C14H26Cl2N4O. The van der Waals surface area contributed by atoms with Crippen LogP contribution in [0.2, 0.25) is 0 Å². The Morgan fingerprint density at radius 3 is 2.43 bits per heavy atom. The fourth-order valence-corrected chi connectivity index (χ4v) is 2.99. The van der Waals surface area contributed by atoms with Gasteiger partial charge < -0.3 is 10.6 Å². The van der Waals surface area contributed by atoms with Crippen LogP contribution in [-0.4, -0.2) is 39.7 Å². The number of rotatable bonds is 3. The fourth-order valence-electron chi connectivity index (χ4n) is 2.99. The van der Waals surface area contributed by atoms with Crippen LogP contribution in [-0.2, 0) is 18.3 Å². The van der Waals surface area contributed by atoms with Crippen LogP contribution < -0.4 is 5.73 Å². The lowest BCUT2D eigenvalue weighted by atomic mass is 10.1. The monoisotopic (exact) mass is 336 g/mol. The zero-order valence-corrected chi connectivity index (χ0v) is 14.8. The van der Waals surface area contributed by atoms with Crippen LogP contribution in [0.1, 0.15) is 30.3 Å². The maximum absolute atomic E-state index is 12.4. The van der Waals surface area contributed by atoms with Gasteiger partial charge in [0.25, 0.3) is 0 Å². The Morgan fingerprint density at radius 1 is 1.38 bits per heavy atom. The molecule has 0 saturated carbocycles. The summed E-state index contributed by atoms with van der Waals surface area (Å²) in [7, 11) is 1.92. The molecule has 1 aromatic rings. The number of amides is 1. The quantitative estimate of drug-likeness (QED) is 0.912. The first-order valence-corrected chi connectivity index (χ1v) is 6.92. The SMILES string of the molecule is Cc1nn(C)c(C)c1CC(=O)N1CC(CN)CC1C.Cl.Cl. The molecule has 2 atom stereocenters. The van der Waals surface area contributed by atoms with Gasteiger partial charge in [-0.1, -0.05) is 0 Å². The second-order valence-corrected chi connectivity index (χ2v) is 5.68. The van der Waals surface area contributed by atoms with Gasteiger partial charge in [-0.25, -0.2) is 0 Å². The topological polar surface area (TPSA) is 64.2 Å². The van der Waals surface area contributed by atoms with Crippen molar-refractivity contribution in [3.05, 3.63) is 17.0 Å². The van der Waals surface area contributed by atoms with Crippen molar-refractivity contribution in [1.82, 2.24) is 14.7 Å². The molecule has 2 unspecified atom stereocenters. The molecule has 2 heterocycles. The molecule has 5 nitrogen and oxygen atoms in total. The number of nitrogens with zero attached hydrogens (tertiary/aromatic N) is 3. The Kier molecular flexibility index (Phi) is 7.71. The standard InChI is InChI=1S/C14H24N4O.2ClH/c1-9-5-12(7-15)8-18(9)14(19)6-13-10(2)16-17(4)11(13)3;;/h9,12H,5-8,15H2,1-4H3;2*1H. The Labute approximate surface area is 139 Å². The highest BCUT2D eigenvalue weighted by atomic mass is 35.5. The van der Waals surface area contributed by atoms with E-state index in [1.165, 1.54) is 0 Å². The first kappa shape index (κ1) is 20.2. The molecule has 21 heavy (non-hydrogen) atoms. The molecule has 0 bridgehead atoms. The predicted molar refractivity (Wildman–Crippen MR) is 89.2 cm³/mol. The fraction of sp³-hybridized carbons (Fsp3) is 0.714. The highest BCUT2D eigenvalue weighted by Crippen LogP contribution is 2.24. The van der Waals surface area contributed by atoms with Gasteiger partial charge in [-0.2, -0.15) is 5.10 Å². The minimum atomic E-state index is 0. The van der Waals surface area contributed by atoms with Gasteiger partial charge in [0, 0.05) is 30.9 Å². The van der Waals surface area contributed by atoms with Crippen molar-refractivity contribution in [2.45, 2.75) is 39.7 Å². The summed E-state index contributed by atoms with van der Waals surface area (Å²) in [6.45, 7) is 7.55. The van der Waals surface area contributed by atoms with E-state index in [4.69, 9.17) is 5.73 Å². The van der Waals surface area contributed by atoms with E-state index in [0.29, 0.717) is 24.9 Å². The van der Waals surface area contributed by atoms with Crippen LogP contribution in [0.5, 0.6) is 0 Å². The molecule has 1 aliphatic rings. The van der Waals surface area contributed by atoms with Crippen LogP contribution >= 0.6 is 24.8 Å². The molecule has 2 N–H and O–H groups in total. The zero-order chi connectivity index (χ0) is 14.2. The number of hydrogen-bond acceptors (Lipinski definition) is 3. The van der Waals surface area contributed by atoms with Gasteiger partial charge in [-0.15, -0.1) is 24.8 Å². The number of aryl methyl sites for hydroxylation is 2. The summed E-state index contributed by atoms with van der Waals surface area (Å²) in [5.41, 5.74) is 8.81. The maximum atomic E-state index is 12.4. The van der Waals surface area contributed by atoms with Crippen LogP contribution in [0.4, 0.5) is 0 Å². The first-order chi connectivity index (χ1) is 8.93. The lowest BCUT2D eigenvalue weighted by Gasteiger charge is -2.21. The smallest absolute Gasteiger partial charge is 0.227 e. The molecule has 1 aromatic heterocycles. The van der Waals surface area contributed by atoms with Gasteiger partial charge in [0.2, 0.25) is 5.91 Å². The molecule has 1 saturated heterocycles. The average Bonchev–Trinajstić information content (AvgIpc) is 2.85. The summed E-state index contributed by atoms with van der Waals surface area (Å²) in [5, 5.41) is 4.37. The lowest BCUT2D eigenvalue weighted by Crippen LogP contribution is -2.35. The van der Waals surface area contributed by atoms with Crippen LogP contribution in [0.25, 0.3) is 0 Å². The summed E-state index contributed by atoms with van der Waals surface area (Å²) in [6.07, 6.45) is 1.47. The zero-order valence-electron chi connectivity index (χ0n) is 13.1. The Bertz CT molecular complexity index is 490. The summed E-state index contributed by atoms with van der Waals surface area (Å²) in [4.78, 5) is 14.4. The third kappa shape index (κ3) is 4.11. The third-order valence-corrected chi connectivity index (χ3v) is 4.30. The number of halogens is 2. The lowest BCUT2D eigenvalue weighted by molar-refractivity contribution is -0.131. The van der Waals surface area contributed by atoms with Gasteiger partial charge in [-0.3, -0.25) is 9.48 Å². The highest BCUT2D eigenvalue weighted by Gasteiger charge is 2.32. The number of nitrogens with two attached hydrogens (primary N) is 1. The third-order valence-electron chi connectivity index (χ3n) is 4.30. The van der Waals surface area contributed by atoms with Gasteiger partial charge >= 0.3 is 0 Å². The molecule has 0 radical (unpaired) electrons. The second-order valence-electron chi connectivity index (χ2n) is 5.68. The number of carbonyl (C=O) groups excluding carboxylic acids is 1. The summed E-state index contributed by atoms with van der Waals surface area (Å²) in [5.74, 6) is 0.651. The van der Waals surface area contributed by atoms with Gasteiger partial charge in [0.05, 0.1) is 12.1 Å². The van der Waals surface area contributed by atoms with E-state index in [1.807, 2.05) is 30.5 Å². The van der Waals surface area contributed by atoms with E-state index < -0.39 is 0 Å². The first-order valence-electron chi connectivity index (χ1n) is 6.92. The molecule has 7 heteroatoms. The van der Waals surface area contributed by atoms with Gasteiger partial charge in [0.1, 0.15) is 0 Å². The molecule has 0 aliphatic carbocycles. The van der Waals surface area contributed by atoms with Gasteiger partial charge in [-0.05, 0) is 39.7 Å². The number of carbonyl (C=O) groups is 1. The van der Waals surface area contributed by atoms with Gasteiger partial charge in [0.15, 0.2) is 0 Å². The van der Waals surface area contributed by atoms with Crippen molar-refractivity contribution in [2.24, 2.45) is 18.7 Å². The maximum Gasteiger partial charge on any atom is 0.227 e. The summed E-state index contributed by atoms with van der Waals surface area (Å²) in [6, 6.07) is 0.304. The van der Waals surface area contributed by atoms with Crippen molar-refractivity contribution in [2.75, 3.05) is 13.1 Å². The van der Waals surface area contributed by atoms with Crippen LogP contribution in [0, 0.1) is 19.8 Å².